The summed E-state index contributed by atoms with van der Waals surface area (Å²) in [6, 6.07) is 7.51. The summed E-state index contributed by atoms with van der Waals surface area (Å²) in [5.41, 5.74) is 1.68. The van der Waals surface area contributed by atoms with Gasteiger partial charge in [0.25, 0.3) is 0 Å². The van der Waals surface area contributed by atoms with Crippen molar-refractivity contribution in [1.29, 1.82) is 0 Å². The fourth-order valence-electron chi connectivity index (χ4n) is 4.64. The number of carbonyl (C=O) groups excluding carboxylic acids is 5. The fourth-order valence-corrected chi connectivity index (χ4v) is 4.97. The molecule has 0 atom stereocenters. The molecule has 19 nitrogen and oxygen atoms in total. The van der Waals surface area contributed by atoms with Crippen molar-refractivity contribution in [3.8, 4) is 0 Å². The van der Waals surface area contributed by atoms with Gasteiger partial charge in [-0.25, -0.2) is 15.2 Å². The van der Waals surface area contributed by atoms with Crippen molar-refractivity contribution in [2.24, 2.45) is 0 Å². The van der Waals surface area contributed by atoms with Gasteiger partial charge in [-0.1, -0.05) is 0 Å². The zero-order chi connectivity index (χ0) is 39.4. The van der Waals surface area contributed by atoms with Crippen molar-refractivity contribution in [3.63, 3.8) is 0 Å². The van der Waals surface area contributed by atoms with E-state index in [-0.39, 0.29) is 94.3 Å². The molecule has 0 radical (unpaired) electrons. The Hall–Kier alpha value is -3.37. The number of hydroxylamine groups is 6. The van der Waals surface area contributed by atoms with Gasteiger partial charge in [-0.15, -0.1) is 0 Å². The maximum Gasteiger partial charge on any atom is 0.246 e. The second kappa shape index (κ2) is 34.8. The zero-order valence-corrected chi connectivity index (χ0v) is 36.4. The molecule has 1 aromatic carbocycles. The number of unbranched alkanes of at least 4 members (excludes halogenated alkanes) is 6. The first-order valence-corrected chi connectivity index (χ1v) is 18.8. The number of rotatable bonds is 26. The Morgan fingerprint density at radius 1 is 0.554 bits per heavy atom. The summed E-state index contributed by atoms with van der Waals surface area (Å²) in [5.74, 6) is -2.12. The number of hydrogen-bond acceptors (Lipinski definition) is 10. The van der Waals surface area contributed by atoms with E-state index >= 15 is 0 Å². The SMILES string of the molecule is CNC(=S)Nc1ccc(NC(=S)NCCCCCN(O)C(=O)CCC(=O)NCCCCCN(O)C(=O)CCC(=O)NCCCCCN(O)C(C)=O)cc1.O.O.[Zr]. The van der Waals surface area contributed by atoms with E-state index in [0.717, 1.165) is 24.2 Å². The average molecular weight is 911 g/mol. The van der Waals surface area contributed by atoms with Crippen LogP contribution in [0.15, 0.2) is 24.3 Å². The number of hydrogen-bond donors (Lipinski definition) is 9. The Balaban J connectivity index is -0.00000936. The van der Waals surface area contributed by atoms with E-state index in [4.69, 9.17) is 24.4 Å². The first-order valence-electron chi connectivity index (χ1n) is 17.9. The van der Waals surface area contributed by atoms with Gasteiger partial charge in [0.15, 0.2) is 10.2 Å². The van der Waals surface area contributed by atoms with Gasteiger partial charge in [0.1, 0.15) is 0 Å². The van der Waals surface area contributed by atoms with E-state index in [9.17, 15) is 39.6 Å². The van der Waals surface area contributed by atoms with Crippen LogP contribution in [0.4, 0.5) is 11.4 Å². The van der Waals surface area contributed by atoms with E-state index < -0.39 is 17.7 Å². The van der Waals surface area contributed by atoms with E-state index in [2.05, 4.69) is 31.9 Å². The quantitative estimate of drug-likeness (QED) is 0.0274. The van der Waals surface area contributed by atoms with Crippen LogP contribution >= 0.6 is 24.4 Å². The fraction of sp³-hybridized carbons (Fsp3) is 0.618. The molecule has 0 unspecified atom stereocenters. The van der Waals surface area contributed by atoms with Crippen molar-refractivity contribution in [1.82, 2.24) is 36.5 Å². The molecule has 0 aromatic heterocycles. The standard InChI is InChI=1S/C34H57N9O8S2.2H2O.Zr/c1-26(44)41(49)23-9-3-6-20-36-29(45)16-18-31(47)42(50)24-10-4-7-21-37-30(46)17-19-32(48)43(51)25-11-5-8-22-38-34(53)40-28-14-12-27(13-15-28)39-33(52)35-2;;;/h12-15,49-51H,3-11,16-25H2,1-2H3,(H,36,45)(H,37,46)(H2,35,39,52)(H2,38,40,53);2*1H2;. The molecular formula is C34H61N9O10S2Zr. The van der Waals surface area contributed by atoms with E-state index in [0.29, 0.717) is 90.0 Å². The average Bonchev–Trinajstić information content (AvgIpc) is 3.13. The normalized spacial score (nSPS) is 9.88. The van der Waals surface area contributed by atoms with Crippen LogP contribution in [0.5, 0.6) is 0 Å². The molecule has 0 fully saturated rings. The molecule has 0 aliphatic rings. The number of nitrogens with one attached hydrogen (secondary N) is 6. The van der Waals surface area contributed by atoms with Crippen LogP contribution in [-0.4, -0.2) is 128 Å². The van der Waals surface area contributed by atoms with Crippen LogP contribution in [0.3, 0.4) is 0 Å². The zero-order valence-electron chi connectivity index (χ0n) is 32.3. The molecule has 13 N–H and O–H groups in total. The molecule has 1 rings (SSSR count). The third-order valence-corrected chi connectivity index (χ3v) is 8.32. The van der Waals surface area contributed by atoms with Crippen molar-refractivity contribution >= 4 is 75.6 Å². The van der Waals surface area contributed by atoms with Crippen LogP contribution in [0.2, 0.25) is 0 Å². The molecule has 318 valence electrons. The van der Waals surface area contributed by atoms with E-state index in [1.807, 2.05) is 24.3 Å². The molecule has 0 bridgehead atoms. The Morgan fingerprint density at radius 2 is 0.911 bits per heavy atom. The first kappa shape index (κ1) is 57.0. The van der Waals surface area contributed by atoms with Gasteiger partial charge in [0, 0.05) is 117 Å². The number of nitrogens with zero attached hydrogens (tertiary/aromatic N) is 3. The molecule has 0 aliphatic carbocycles. The third-order valence-electron chi connectivity index (χ3n) is 7.77. The van der Waals surface area contributed by atoms with Crippen molar-refractivity contribution in [2.45, 2.75) is 90.4 Å². The van der Waals surface area contributed by atoms with Crippen LogP contribution < -0.4 is 31.9 Å². The van der Waals surface area contributed by atoms with Gasteiger partial charge in [-0.2, -0.15) is 0 Å². The maximum atomic E-state index is 12.2. The molecule has 0 spiro atoms. The van der Waals surface area contributed by atoms with Crippen LogP contribution in [0, 0.1) is 0 Å². The minimum Gasteiger partial charge on any atom is -0.412 e. The Morgan fingerprint density at radius 3 is 1.29 bits per heavy atom. The summed E-state index contributed by atoms with van der Waals surface area (Å²) in [7, 11) is 1.74. The third kappa shape index (κ3) is 29.0. The first-order chi connectivity index (χ1) is 25.3. The van der Waals surface area contributed by atoms with Crippen molar-refractivity contribution in [2.75, 3.05) is 56.9 Å². The molecule has 0 aliphatic heterocycles. The Kier molecular flexibility index (Phi) is 35.4. The monoisotopic (exact) mass is 909 g/mol. The van der Waals surface area contributed by atoms with Crippen LogP contribution in [-0.2, 0) is 50.2 Å². The second-order valence-electron chi connectivity index (χ2n) is 12.2. The number of benzene rings is 1. The van der Waals surface area contributed by atoms with Gasteiger partial charge >= 0.3 is 0 Å². The molecule has 0 saturated heterocycles. The minimum atomic E-state index is -0.558. The van der Waals surface area contributed by atoms with Crippen molar-refractivity contribution in [3.05, 3.63) is 24.3 Å². The maximum absolute atomic E-state index is 12.2. The molecule has 0 heterocycles. The van der Waals surface area contributed by atoms with Gasteiger partial charge in [0.05, 0.1) is 0 Å². The molecule has 1 aromatic rings. The van der Waals surface area contributed by atoms with Crippen LogP contribution in [0.1, 0.15) is 90.4 Å². The predicted octanol–water partition coefficient (Wildman–Crippen LogP) is 1.21. The summed E-state index contributed by atoms with van der Waals surface area (Å²) in [5, 5.41) is 49.7. The predicted molar refractivity (Wildman–Crippen MR) is 215 cm³/mol. The molecule has 56 heavy (non-hydrogen) atoms. The summed E-state index contributed by atoms with van der Waals surface area (Å²) < 4.78 is 0. The van der Waals surface area contributed by atoms with Gasteiger partial charge in [-0.05, 0) is 106 Å². The van der Waals surface area contributed by atoms with Gasteiger partial charge in [-0.3, -0.25) is 39.6 Å². The minimum absolute atomic E-state index is 0. The van der Waals surface area contributed by atoms with E-state index in [1.165, 1.54) is 6.92 Å². The van der Waals surface area contributed by atoms with Gasteiger partial charge < -0.3 is 42.9 Å². The summed E-state index contributed by atoms with van der Waals surface area (Å²) >= 11 is 10.4. The topological polar surface area (TPSA) is 291 Å². The van der Waals surface area contributed by atoms with Crippen LogP contribution in [0.25, 0.3) is 0 Å². The molecular weight excluding hydrogens is 850 g/mol. The number of amides is 5. The number of carbonyl (C=O) groups is 5. The number of anilines is 2. The summed E-state index contributed by atoms with van der Waals surface area (Å²) in [6.07, 6.45) is 5.48. The van der Waals surface area contributed by atoms with Crippen molar-refractivity contribution < 1.29 is 76.8 Å². The molecule has 5 amide bonds. The number of thiocarbonyl (C=S) groups is 2. The summed E-state index contributed by atoms with van der Waals surface area (Å²) in [6.45, 7) is 3.16. The summed E-state index contributed by atoms with van der Waals surface area (Å²) in [4.78, 5) is 59.3. The largest absolute Gasteiger partial charge is 0.412 e. The second-order valence-corrected chi connectivity index (χ2v) is 13.0. The molecule has 0 saturated carbocycles. The Bertz CT molecular complexity index is 1320. The molecule has 22 heteroatoms. The Labute approximate surface area is 358 Å². The van der Waals surface area contributed by atoms with E-state index in [1.54, 1.807) is 7.05 Å². The van der Waals surface area contributed by atoms with Gasteiger partial charge in [0.2, 0.25) is 29.5 Å². The smallest absolute Gasteiger partial charge is 0.246 e.